The lowest BCUT2D eigenvalue weighted by molar-refractivity contribution is 0.0950. The number of nitrogens with two attached hydrogens (primary N) is 1. The quantitative estimate of drug-likeness (QED) is 0.188. The molecule has 2 aromatic heterocycles. The van der Waals surface area contributed by atoms with E-state index in [0.717, 1.165) is 42.0 Å². The van der Waals surface area contributed by atoms with Crippen molar-refractivity contribution >= 4 is 22.9 Å². The molecule has 0 unspecified atom stereocenters. The number of amides is 1. The number of hydrogen-bond donors (Lipinski definition) is 4. The molecule has 0 atom stereocenters. The Morgan fingerprint density at radius 3 is 2.49 bits per heavy atom. The van der Waals surface area contributed by atoms with Crippen LogP contribution in [0.15, 0.2) is 91.5 Å². The summed E-state index contributed by atoms with van der Waals surface area (Å²) in [5, 5.41) is 13.1. The van der Waals surface area contributed by atoms with Crippen LogP contribution < -0.4 is 26.4 Å². The van der Waals surface area contributed by atoms with Gasteiger partial charge in [-0.05, 0) is 68.6 Å². The number of allylic oxidation sites excluding steroid dienone is 3. The summed E-state index contributed by atoms with van der Waals surface area (Å²) in [6.45, 7) is 4.05. The predicted octanol–water partition coefficient (Wildman–Crippen LogP) is 5.97. The van der Waals surface area contributed by atoms with Gasteiger partial charge in [0.05, 0.1) is 5.56 Å². The minimum Gasteiger partial charge on any atom is -0.457 e. The van der Waals surface area contributed by atoms with Gasteiger partial charge in [-0.3, -0.25) is 4.79 Å². The van der Waals surface area contributed by atoms with Crippen molar-refractivity contribution in [3.05, 3.63) is 103 Å². The zero-order chi connectivity index (χ0) is 29.5. The second kappa shape index (κ2) is 16.3. The summed E-state index contributed by atoms with van der Waals surface area (Å²) < 4.78 is 7.31. The number of nitrogens with zero attached hydrogens (tertiary/aromatic N) is 3. The highest BCUT2D eigenvalue weighted by Crippen LogP contribution is 2.25. The minimum atomic E-state index is -0.0584. The summed E-state index contributed by atoms with van der Waals surface area (Å²) in [5.74, 6) is 2.03. The van der Waals surface area contributed by atoms with Crippen LogP contribution in [0.1, 0.15) is 49.0 Å². The highest BCUT2D eigenvalue weighted by molar-refractivity contribution is 5.99. The number of aromatic nitrogens is 3. The summed E-state index contributed by atoms with van der Waals surface area (Å²) in [4.78, 5) is 16.3. The third-order valence-electron chi connectivity index (χ3n) is 6.04. The number of nitrogens with one attached hydrogen (secondary N) is 3. The first-order valence-electron chi connectivity index (χ1n) is 13.9. The smallest absolute Gasteiger partial charge is 0.253 e. The van der Waals surface area contributed by atoms with Crippen molar-refractivity contribution < 1.29 is 9.53 Å². The molecule has 2 aromatic carbocycles. The number of nitrogen functional groups attached to an aromatic ring is 1. The number of rotatable bonds is 9. The number of hydrogen-bond acceptors (Lipinski definition) is 7. The second-order valence-corrected chi connectivity index (χ2v) is 9.27. The molecule has 0 spiro atoms. The lowest BCUT2D eigenvalue weighted by Crippen LogP contribution is -2.25. The Morgan fingerprint density at radius 2 is 1.85 bits per heavy atom. The molecule has 9 heteroatoms. The molecule has 1 saturated carbocycles. The Kier molecular flexibility index (Phi) is 12.3. The number of para-hydroxylation sites is 1. The Hall–Kier alpha value is -4.79. The summed E-state index contributed by atoms with van der Waals surface area (Å²) in [7, 11) is 3.79. The first-order chi connectivity index (χ1) is 20.0. The molecule has 5 N–H and O–H groups in total. The summed E-state index contributed by atoms with van der Waals surface area (Å²) in [6, 6.07) is 17.9. The molecule has 0 bridgehead atoms. The lowest BCUT2D eigenvalue weighted by atomic mass is 10.1. The molecule has 0 saturated heterocycles. The van der Waals surface area contributed by atoms with Crippen LogP contribution in [-0.2, 0) is 6.42 Å². The van der Waals surface area contributed by atoms with Gasteiger partial charge in [0.2, 0.25) is 0 Å². The van der Waals surface area contributed by atoms with Crippen molar-refractivity contribution in [2.75, 3.05) is 25.1 Å². The minimum absolute atomic E-state index is 0.0584. The standard InChI is InChI=1S/C14H17N5O.C13H13NO.C5H11N/c1-2-3-4-10-11(14(20)18-9-5-6-9)7-19-12(10)13(15)16-8-17-19;1-14-11-6-5-9-13(10-11)15-12-7-3-2-4-8-12;1-3-4-5-6-2/h2-3,7-9H,4-6H2,1H3,(H,18,20)(H2,15,16,17);2-10,14H,1H3;4-6H,3H2,1-2H3/b3-2-;;5-4+. The maximum atomic E-state index is 12.3. The van der Waals surface area contributed by atoms with Gasteiger partial charge in [-0.2, -0.15) is 5.10 Å². The van der Waals surface area contributed by atoms with Crippen LogP contribution >= 0.6 is 0 Å². The lowest BCUT2D eigenvalue weighted by Gasteiger charge is -2.06. The topological polar surface area (TPSA) is 119 Å². The SMILES string of the molecule is C/C=C\Cc1c(C(=O)NC2CC2)cn2ncnc(N)c12.CC/C=C/NC.CNc1cccc(Oc2ccccc2)c1. The number of carbonyl (C=O) groups excluding carboxylic acids is 1. The maximum Gasteiger partial charge on any atom is 0.253 e. The molecule has 1 fully saturated rings. The average Bonchev–Trinajstić information content (AvgIpc) is 3.73. The van der Waals surface area contributed by atoms with Crippen LogP contribution in [0.2, 0.25) is 0 Å². The fourth-order valence-corrected chi connectivity index (χ4v) is 3.80. The Morgan fingerprint density at radius 1 is 1.10 bits per heavy atom. The number of ether oxygens (including phenoxy) is 1. The van der Waals surface area contributed by atoms with E-state index in [1.54, 1.807) is 10.7 Å². The van der Waals surface area contributed by atoms with Gasteiger partial charge in [0.1, 0.15) is 23.3 Å². The first-order valence-corrected chi connectivity index (χ1v) is 13.9. The molecule has 1 amide bonds. The van der Waals surface area contributed by atoms with Gasteiger partial charge in [0.15, 0.2) is 5.82 Å². The van der Waals surface area contributed by atoms with Gasteiger partial charge in [-0.15, -0.1) is 0 Å². The van der Waals surface area contributed by atoms with E-state index in [2.05, 4.69) is 39.0 Å². The molecule has 1 aliphatic rings. The predicted molar refractivity (Wildman–Crippen MR) is 167 cm³/mol. The Balaban J connectivity index is 0.000000194. The third kappa shape index (κ3) is 9.72. The molecular weight excluding hydrogens is 514 g/mol. The van der Waals surface area contributed by atoms with E-state index in [0.29, 0.717) is 29.4 Å². The molecule has 4 aromatic rings. The normalized spacial score (nSPS) is 12.3. The van der Waals surface area contributed by atoms with E-state index >= 15 is 0 Å². The van der Waals surface area contributed by atoms with E-state index in [1.807, 2.05) is 94.0 Å². The molecule has 2 heterocycles. The third-order valence-corrected chi connectivity index (χ3v) is 6.04. The van der Waals surface area contributed by atoms with Crippen LogP contribution in [0.4, 0.5) is 11.5 Å². The van der Waals surface area contributed by atoms with Crippen molar-refractivity contribution in [3.8, 4) is 11.5 Å². The van der Waals surface area contributed by atoms with Gasteiger partial charge >= 0.3 is 0 Å². The zero-order valence-electron chi connectivity index (χ0n) is 24.3. The van der Waals surface area contributed by atoms with Crippen molar-refractivity contribution in [2.24, 2.45) is 0 Å². The molecule has 41 heavy (non-hydrogen) atoms. The summed E-state index contributed by atoms with van der Waals surface area (Å²) in [5.41, 5.74) is 9.19. The average molecular weight is 556 g/mol. The fraction of sp³-hybridized carbons (Fsp3) is 0.281. The summed E-state index contributed by atoms with van der Waals surface area (Å²) in [6.07, 6.45) is 14.9. The van der Waals surface area contributed by atoms with Crippen molar-refractivity contribution in [3.63, 3.8) is 0 Å². The molecule has 216 valence electrons. The van der Waals surface area contributed by atoms with Crippen molar-refractivity contribution in [1.82, 2.24) is 25.2 Å². The molecular formula is C32H41N7O2. The second-order valence-electron chi connectivity index (χ2n) is 9.27. The van der Waals surface area contributed by atoms with Gasteiger partial charge < -0.3 is 26.4 Å². The van der Waals surface area contributed by atoms with Crippen molar-refractivity contribution in [2.45, 2.75) is 45.6 Å². The Bertz CT molecular complexity index is 1420. The number of anilines is 2. The van der Waals surface area contributed by atoms with Crippen LogP contribution in [0, 0.1) is 0 Å². The molecule has 0 radical (unpaired) electrons. The van der Waals surface area contributed by atoms with Crippen LogP contribution in [0.3, 0.4) is 0 Å². The maximum absolute atomic E-state index is 12.3. The summed E-state index contributed by atoms with van der Waals surface area (Å²) >= 11 is 0. The first kappa shape index (κ1) is 30.7. The molecule has 9 nitrogen and oxygen atoms in total. The van der Waals surface area contributed by atoms with E-state index in [1.165, 1.54) is 6.33 Å². The number of benzene rings is 2. The van der Waals surface area contributed by atoms with E-state index < -0.39 is 0 Å². The van der Waals surface area contributed by atoms with E-state index in [9.17, 15) is 4.79 Å². The van der Waals surface area contributed by atoms with Gasteiger partial charge in [-0.1, -0.05) is 49.4 Å². The number of carbonyl (C=O) groups is 1. The highest BCUT2D eigenvalue weighted by atomic mass is 16.5. The van der Waals surface area contributed by atoms with Crippen LogP contribution in [0.5, 0.6) is 11.5 Å². The van der Waals surface area contributed by atoms with Gasteiger partial charge in [-0.25, -0.2) is 9.50 Å². The van der Waals surface area contributed by atoms with Gasteiger partial charge in [0, 0.05) is 38.1 Å². The molecule has 1 aliphatic carbocycles. The highest BCUT2D eigenvalue weighted by Gasteiger charge is 2.26. The number of fused-ring (bicyclic) bond motifs is 1. The van der Waals surface area contributed by atoms with Gasteiger partial charge in [0.25, 0.3) is 5.91 Å². The van der Waals surface area contributed by atoms with E-state index in [-0.39, 0.29) is 5.91 Å². The zero-order valence-corrected chi connectivity index (χ0v) is 24.3. The fourth-order valence-electron chi connectivity index (χ4n) is 3.80. The van der Waals surface area contributed by atoms with Crippen LogP contribution in [0.25, 0.3) is 5.52 Å². The molecule has 5 rings (SSSR count). The van der Waals surface area contributed by atoms with Crippen LogP contribution in [-0.4, -0.2) is 40.6 Å². The van der Waals surface area contributed by atoms with E-state index in [4.69, 9.17) is 10.5 Å². The monoisotopic (exact) mass is 555 g/mol. The largest absolute Gasteiger partial charge is 0.457 e. The Labute approximate surface area is 242 Å². The van der Waals surface area contributed by atoms with Crippen molar-refractivity contribution in [1.29, 1.82) is 0 Å². The molecule has 0 aliphatic heterocycles.